The van der Waals surface area contributed by atoms with Crippen LogP contribution in [0.1, 0.15) is 121 Å². The predicted molar refractivity (Wildman–Crippen MR) is 213 cm³/mol. The van der Waals surface area contributed by atoms with Gasteiger partial charge < -0.3 is 35.0 Å². The standard InChI is InChI=1S/C44H70O9/c1-28(13-11-14-29(2)25-39(48)40(49)27-37(10)46)21-30(3)18-20-44(51)52-41-15-12-16-43(50)53-42(19-17-31(4)22-34(41)7)35(8)24-32(5)23-33(6)38(47)26-36(9)45/h11,13-14,17-18,20-21,23,25,33-42,45-49H,12,15-16,19,22,24,26-27H2,1-10H3/b14-11+,20-18+,28-13+,29-25+,30-21+,31-17-,32-23+. The second-order valence-electron chi connectivity index (χ2n) is 15.6. The number of hydrogen-bond donors (Lipinski definition) is 5. The molecule has 10 atom stereocenters. The largest absolute Gasteiger partial charge is 0.462 e. The Kier molecular flexibility index (Phi) is 22.7. The van der Waals surface area contributed by atoms with Gasteiger partial charge in [0.25, 0.3) is 0 Å². The van der Waals surface area contributed by atoms with Gasteiger partial charge in [-0.1, -0.05) is 97.2 Å². The van der Waals surface area contributed by atoms with Crippen molar-refractivity contribution in [2.75, 3.05) is 0 Å². The van der Waals surface area contributed by atoms with Gasteiger partial charge in [0, 0.05) is 31.3 Å². The fourth-order valence-corrected chi connectivity index (χ4v) is 6.52. The van der Waals surface area contributed by atoms with E-state index in [1.807, 2.05) is 65.0 Å². The van der Waals surface area contributed by atoms with Gasteiger partial charge in [-0.25, -0.2) is 4.79 Å². The molecule has 0 aliphatic carbocycles. The molecule has 1 rings (SSSR count). The number of carbonyl (C=O) groups is 2. The molecule has 53 heavy (non-hydrogen) atoms. The summed E-state index contributed by atoms with van der Waals surface area (Å²) in [7, 11) is 0. The Morgan fingerprint density at radius 1 is 0.906 bits per heavy atom. The highest BCUT2D eigenvalue weighted by Crippen LogP contribution is 2.27. The molecule has 9 nitrogen and oxygen atoms in total. The number of aliphatic hydroxyl groups excluding tert-OH is 5. The molecule has 0 radical (unpaired) electrons. The molecule has 0 saturated heterocycles. The van der Waals surface area contributed by atoms with Gasteiger partial charge in [0.05, 0.1) is 30.5 Å². The lowest BCUT2D eigenvalue weighted by Gasteiger charge is -2.27. The van der Waals surface area contributed by atoms with Gasteiger partial charge in [-0.05, 0) is 92.4 Å². The molecule has 0 aromatic rings. The van der Waals surface area contributed by atoms with Crippen molar-refractivity contribution in [3.8, 4) is 0 Å². The Bertz CT molecular complexity index is 1350. The monoisotopic (exact) mass is 743 g/mol. The molecule has 1 aliphatic heterocycles. The Labute approximate surface area is 319 Å². The van der Waals surface area contributed by atoms with Crippen LogP contribution in [0.3, 0.4) is 0 Å². The van der Waals surface area contributed by atoms with E-state index in [1.54, 1.807) is 26.0 Å². The Morgan fingerprint density at radius 2 is 1.55 bits per heavy atom. The molecule has 5 N–H and O–H groups in total. The molecule has 0 aromatic heterocycles. The lowest BCUT2D eigenvalue weighted by molar-refractivity contribution is -0.152. The number of esters is 2. The van der Waals surface area contributed by atoms with Crippen LogP contribution in [0.15, 0.2) is 82.5 Å². The zero-order valence-corrected chi connectivity index (χ0v) is 34.0. The summed E-state index contributed by atoms with van der Waals surface area (Å²) < 4.78 is 11.9. The van der Waals surface area contributed by atoms with Crippen molar-refractivity contribution in [1.82, 2.24) is 0 Å². The van der Waals surface area contributed by atoms with E-state index in [0.29, 0.717) is 25.7 Å². The van der Waals surface area contributed by atoms with Crippen molar-refractivity contribution in [2.45, 2.75) is 163 Å². The molecule has 0 bridgehead atoms. The van der Waals surface area contributed by atoms with Crippen LogP contribution in [0.2, 0.25) is 0 Å². The van der Waals surface area contributed by atoms with Gasteiger partial charge in [-0.2, -0.15) is 0 Å². The third kappa shape index (κ3) is 21.4. The van der Waals surface area contributed by atoms with Crippen LogP contribution in [-0.4, -0.2) is 80.2 Å². The zero-order chi connectivity index (χ0) is 40.2. The number of ether oxygens (including phenoxy) is 2. The second-order valence-corrected chi connectivity index (χ2v) is 15.6. The molecule has 0 aromatic carbocycles. The highest BCUT2D eigenvalue weighted by molar-refractivity contribution is 5.82. The minimum absolute atomic E-state index is 0.0587. The highest BCUT2D eigenvalue weighted by Gasteiger charge is 2.26. The normalized spacial score (nSPS) is 25.7. The smallest absolute Gasteiger partial charge is 0.331 e. The van der Waals surface area contributed by atoms with Crippen molar-refractivity contribution in [1.29, 1.82) is 0 Å². The van der Waals surface area contributed by atoms with E-state index < -0.39 is 36.5 Å². The van der Waals surface area contributed by atoms with Crippen LogP contribution in [-0.2, 0) is 19.1 Å². The van der Waals surface area contributed by atoms with Crippen LogP contribution in [0.25, 0.3) is 0 Å². The fraction of sp³-hybridized carbons (Fsp3) is 0.636. The maximum Gasteiger partial charge on any atom is 0.331 e. The number of allylic oxidation sites excluding steroid dienone is 10. The first kappa shape index (κ1) is 47.9. The van der Waals surface area contributed by atoms with E-state index >= 15 is 0 Å². The average molecular weight is 743 g/mol. The number of cyclic esters (lactones) is 1. The Hall–Kier alpha value is -3.08. The lowest BCUT2D eigenvalue weighted by atomic mass is 9.89. The van der Waals surface area contributed by atoms with Crippen molar-refractivity contribution >= 4 is 11.9 Å². The van der Waals surface area contributed by atoms with Gasteiger partial charge in [-0.3, -0.25) is 4.79 Å². The molecule has 1 aliphatic rings. The number of aliphatic hydroxyl groups is 5. The van der Waals surface area contributed by atoms with Crippen LogP contribution < -0.4 is 0 Å². The van der Waals surface area contributed by atoms with E-state index in [4.69, 9.17) is 9.47 Å². The molecule has 300 valence electrons. The molecule has 0 saturated carbocycles. The molecule has 1 heterocycles. The number of carbonyl (C=O) groups excluding carboxylic acids is 2. The maximum atomic E-state index is 12.9. The van der Waals surface area contributed by atoms with E-state index in [0.717, 1.165) is 40.7 Å². The molecule has 0 spiro atoms. The van der Waals surface area contributed by atoms with Crippen molar-refractivity contribution in [3.63, 3.8) is 0 Å². The fourth-order valence-electron chi connectivity index (χ4n) is 6.52. The summed E-state index contributed by atoms with van der Waals surface area (Å²) in [5.41, 5.74) is 4.84. The maximum absolute atomic E-state index is 12.9. The van der Waals surface area contributed by atoms with E-state index in [2.05, 4.69) is 26.8 Å². The quantitative estimate of drug-likeness (QED) is 0.0440. The van der Waals surface area contributed by atoms with Gasteiger partial charge in [-0.15, -0.1) is 0 Å². The van der Waals surface area contributed by atoms with Crippen LogP contribution in [0, 0.1) is 17.8 Å². The number of hydrogen-bond acceptors (Lipinski definition) is 9. The van der Waals surface area contributed by atoms with Crippen LogP contribution >= 0.6 is 0 Å². The average Bonchev–Trinajstić information content (AvgIpc) is 3.03. The summed E-state index contributed by atoms with van der Waals surface area (Å²) in [5.74, 6) is -0.659. The Balaban J connectivity index is 2.86. The molecule has 9 heteroatoms. The third-order valence-corrected chi connectivity index (χ3v) is 9.48. The summed E-state index contributed by atoms with van der Waals surface area (Å²) in [5, 5.41) is 49.4. The SMILES string of the molecule is C/C1=C/CC(C(C)C/C(C)=C/C(C)C(O)CC(C)O)OC(=O)CCCC(OC(=O)/C=C/C(C)=C/C(C)=C/C=C/C(C)=C/C(O)C(O)CC(C)O)C(C)C1. The van der Waals surface area contributed by atoms with E-state index in [1.165, 1.54) is 6.08 Å². The molecule has 0 fully saturated rings. The minimum atomic E-state index is -1.07. The third-order valence-electron chi connectivity index (χ3n) is 9.48. The summed E-state index contributed by atoms with van der Waals surface area (Å²) in [6.07, 6.45) is 15.5. The van der Waals surface area contributed by atoms with Gasteiger partial charge in [0.15, 0.2) is 0 Å². The Morgan fingerprint density at radius 3 is 2.19 bits per heavy atom. The van der Waals surface area contributed by atoms with Gasteiger partial charge in [0.1, 0.15) is 12.2 Å². The minimum Gasteiger partial charge on any atom is -0.462 e. The summed E-state index contributed by atoms with van der Waals surface area (Å²) in [4.78, 5) is 25.9. The highest BCUT2D eigenvalue weighted by atomic mass is 16.5. The first-order chi connectivity index (χ1) is 24.8. The molecular formula is C44H70O9. The van der Waals surface area contributed by atoms with Crippen LogP contribution in [0.5, 0.6) is 0 Å². The molecule has 0 amide bonds. The van der Waals surface area contributed by atoms with Crippen molar-refractivity contribution in [3.05, 3.63) is 82.5 Å². The topological polar surface area (TPSA) is 154 Å². The van der Waals surface area contributed by atoms with Crippen molar-refractivity contribution in [2.24, 2.45) is 17.8 Å². The first-order valence-corrected chi connectivity index (χ1v) is 19.3. The summed E-state index contributed by atoms with van der Waals surface area (Å²) in [6, 6.07) is 0. The summed E-state index contributed by atoms with van der Waals surface area (Å²) in [6.45, 7) is 19.1. The van der Waals surface area contributed by atoms with Gasteiger partial charge in [0.2, 0.25) is 0 Å². The van der Waals surface area contributed by atoms with Crippen molar-refractivity contribution < 1.29 is 44.6 Å². The van der Waals surface area contributed by atoms with Gasteiger partial charge >= 0.3 is 11.9 Å². The summed E-state index contributed by atoms with van der Waals surface area (Å²) >= 11 is 0. The number of rotatable bonds is 17. The lowest BCUT2D eigenvalue weighted by Crippen LogP contribution is -2.28. The molecular weight excluding hydrogens is 672 g/mol. The first-order valence-electron chi connectivity index (χ1n) is 19.3. The van der Waals surface area contributed by atoms with E-state index in [-0.39, 0.29) is 48.8 Å². The zero-order valence-electron chi connectivity index (χ0n) is 34.0. The second kappa shape index (κ2) is 25.1. The molecule has 10 unspecified atom stereocenters. The van der Waals surface area contributed by atoms with Crippen LogP contribution in [0.4, 0.5) is 0 Å². The predicted octanol–water partition coefficient (Wildman–Crippen LogP) is 7.54. The van der Waals surface area contributed by atoms with E-state index in [9.17, 15) is 35.1 Å².